The summed E-state index contributed by atoms with van der Waals surface area (Å²) in [5, 5.41) is 0. The van der Waals surface area contributed by atoms with Crippen LogP contribution in [0.5, 0.6) is 0 Å². The SMILES string of the molecule is CC.CC(=O)OCc1ccccc1C(C)=O. The molecule has 1 aromatic carbocycles. The Morgan fingerprint density at radius 2 is 1.69 bits per heavy atom. The summed E-state index contributed by atoms with van der Waals surface area (Å²) in [6, 6.07) is 7.10. The molecular weight excluding hydrogens is 204 g/mol. The van der Waals surface area contributed by atoms with Crippen LogP contribution in [0.4, 0.5) is 0 Å². The minimum Gasteiger partial charge on any atom is -0.461 e. The Hall–Kier alpha value is -1.64. The summed E-state index contributed by atoms with van der Waals surface area (Å²) in [5.74, 6) is -0.365. The van der Waals surface area contributed by atoms with Crippen molar-refractivity contribution in [3.63, 3.8) is 0 Å². The number of carbonyl (C=O) groups is 2. The molecule has 3 heteroatoms. The molecule has 0 aromatic heterocycles. The second-order valence-electron chi connectivity index (χ2n) is 2.99. The molecule has 0 atom stereocenters. The zero-order valence-electron chi connectivity index (χ0n) is 10.2. The number of hydrogen-bond acceptors (Lipinski definition) is 3. The molecule has 0 N–H and O–H groups in total. The van der Waals surface area contributed by atoms with Gasteiger partial charge < -0.3 is 4.74 Å². The minimum absolute atomic E-state index is 0.0206. The van der Waals surface area contributed by atoms with Crippen LogP contribution in [0, 0.1) is 0 Å². The molecule has 0 unspecified atom stereocenters. The van der Waals surface area contributed by atoms with Gasteiger partial charge >= 0.3 is 5.97 Å². The second-order valence-corrected chi connectivity index (χ2v) is 2.99. The third kappa shape index (κ3) is 4.73. The van der Waals surface area contributed by atoms with Crippen LogP contribution in [-0.4, -0.2) is 11.8 Å². The van der Waals surface area contributed by atoms with Crippen LogP contribution in [0.2, 0.25) is 0 Å². The Labute approximate surface area is 96.4 Å². The number of hydrogen-bond donors (Lipinski definition) is 0. The predicted octanol–water partition coefficient (Wildman–Crippen LogP) is 2.98. The zero-order valence-corrected chi connectivity index (χ0v) is 10.2. The first-order valence-electron chi connectivity index (χ1n) is 5.33. The highest BCUT2D eigenvalue weighted by Crippen LogP contribution is 2.10. The average molecular weight is 222 g/mol. The Morgan fingerprint density at radius 3 is 2.19 bits per heavy atom. The van der Waals surface area contributed by atoms with Crippen LogP contribution >= 0.6 is 0 Å². The topological polar surface area (TPSA) is 43.4 Å². The highest BCUT2D eigenvalue weighted by molar-refractivity contribution is 5.95. The number of Topliss-reactive ketones (excluding diaryl/α,β-unsaturated/α-hetero) is 1. The van der Waals surface area contributed by atoms with Crippen LogP contribution in [0.1, 0.15) is 43.6 Å². The van der Waals surface area contributed by atoms with Gasteiger partial charge in [-0.25, -0.2) is 0 Å². The summed E-state index contributed by atoms with van der Waals surface area (Å²) in [5.41, 5.74) is 1.35. The summed E-state index contributed by atoms with van der Waals surface area (Å²) >= 11 is 0. The minimum atomic E-state index is -0.344. The molecule has 0 spiro atoms. The molecule has 0 aliphatic carbocycles. The highest BCUT2D eigenvalue weighted by atomic mass is 16.5. The molecule has 0 amide bonds. The number of esters is 1. The molecule has 1 aromatic rings. The van der Waals surface area contributed by atoms with Gasteiger partial charge in [-0.1, -0.05) is 38.1 Å². The van der Waals surface area contributed by atoms with Gasteiger partial charge in [-0.3, -0.25) is 9.59 Å². The smallest absolute Gasteiger partial charge is 0.302 e. The first-order valence-corrected chi connectivity index (χ1v) is 5.33. The normalized spacial score (nSPS) is 8.75. The number of rotatable bonds is 3. The van der Waals surface area contributed by atoms with E-state index < -0.39 is 0 Å². The van der Waals surface area contributed by atoms with Crippen LogP contribution in [0.25, 0.3) is 0 Å². The van der Waals surface area contributed by atoms with Gasteiger partial charge in [-0.15, -0.1) is 0 Å². The van der Waals surface area contributed by atoms with E-state index in [-0.39, 0.29) is 18.4 Å². The summed E-state index contributed by atoms with van der Waals surface area (Å²) in [6.45, 7) is 6.99. The van der Waals surface area contributed by atoms with Crippen LogP contribution < -0.4 is 0 Å². The standard InChI is InChI=1S/C11H12O3.C2H6/c1-8(12)11-6-4-3-5-10(11)7-14-9(2)13;1-2/h3-6H,7H2,1-2H3;1-2H3. The lowest BCUT2D eigenvalue weighted by Gasteiger charge is -2.06. The molecule has 0 saturated carbocycles. The van der Waals surface area contributed by atoms with Crippen molar-refractivity contribution < 1.29 is 14.3 Å². The van der Waals surface area contributed by atoms with E-state index in [1.807, 2.05) is 19.9 Å². The van der Waals surface area contributed by atoms with E-state index in [9.17, 15) is 9.59 Å². The number of ketones is 1. The first-order chi connectivity index (χ1) is 7.61. The van der Waals surface area contributed by atoms with Crippen molar-refractivity contribution >= 4 is 11.8 Å². The zero-order chi connectivity index (χ0) is 12.6. The van der Waals surface area contributed by atoms with E-state index in [2.05, 4.69) is 0 Å². The van der Waals surface area contributed by atoms with Crippen molar-refractivity contribution in [1.82, 2.24) is 0 Å². The number of ether oxygens (including phenoxy) is 1. The third-order valence-electron chi connectivity index (χ3n) is 1.83. The largest absolute Gasteiger partial charge is 0.461 e. The summed E-state index contributed by atoms with van der Waals surface area (Å²) in [7, 11) is 0. The lowest BCUT2D eigenvalue weighted by Crippen LogP contribution is -2.04. The molecule has 16 heavy (non-hydrogen) atoms. The Morgan fingerprint density at radius 1 is 1.12 bits per heavy atom. The van der Waals surface area contributed by atoms with Crippen molar-refractivity contribution in [2.24, 2.45) is 0 Å². The lowest BCUT2D eigenvalue weighted by molar-refractivity contribution is -0.142. The molecule has 1 rings (SSSR count). The molecule has 0 aliphatic rings. The van der Waals surface area contributed by atoms with Crippen molar-refractivity contribution in [3.05, 3.63) is 35.4 Å². The maximum Gasteiger partial charge on any atom is 0.302 e. The molecule has 0 fully saturated rings. The summed E-state index contributed by atoms with van der Waals surface area (Å²) < 4.78 is 4.83. The Bertz CT molecular complexity index is 356. The molecular formula is C13H18O3. The molecule has 3 nitrogen and oxygen atoms in total. The van der Waals surface area contributed by atoms with E-state index in [0.29, 0.717) is 5.56 Å². The maximum absolute atomic E-state index is 11.2. The molecule has 0 radical (unpaired) electrons. The number of carbonyl (C=O) groups excluding carboxylic acids is 2. The predicted molar refractivity (Wildman–Crippen MR) is 63.3 cm³/mol. The van der Waals surface area contributed by atoms with Crippen LogP contribution in [0.15, 0.2) is 24.3 Å². The highest BCUT2D eigenvalue weighted by Gasteiger charge is 2.06. The van der Waals surface area contributed by atoms with Crippen LogP contribution in [-0.2, 0) is 16.1 Å². The fourth-order valence-electron chi connectivity index (χ4n) is 1.17. The van der Waals surface area contributed by atoms with E-state index in [1.54, 1.807) is 18.2 Å². The Kier molecular flexibility index (Phi) is 6.84. The van der Waals surface area contributed by atoms with Crippen LogP contribution in [0.3, 0.4) is 0 Å². The lowest BCUT2D eigenvalue weighted by atomic mass is 10.1. The molecule has 0 heterocycles. The van der Waals surface area contributed by atoms with E-state index in [1.165, 1.54) is 13.8 Å². The monoisotopic (exact) mass is 222 g/mol. The van der Waals surface area contributed by atoms with Gasteiger partial charge in [0.25, 0.3) is 0 Å². The number of benzene rings is 1. The van der Waals surface area contributed by atoms with Crippen molar-refractivity contribution in [1.29, 1.82) is 0 Å². The van der Waals surface area contributed by atoms with E-state index >= 15 is 0 Å². The van der Waals surface area contributed by atoms with Gasteiger partial charge in [0.05, 0.1) is 0 Å². The fraction of sp³-hybridized carbons (Fsp3) is 0.385. The van der Waals surface area contributed by atoms with Gasteiger partial charge in [0.15, 0.2) is 5.78 Å². The Balaban J connectivity index is 0.00000106. The van der Waals surface area contributed by atoms with Crippen molar-refractivity contribution in [3.8, 4) is 0 Å². The fourth-order valence-corrected chi connectivity index (χ4v) is 1.17. The molecule has 0 saturated heterocycles. The second kappa shape index (κ2) is 7.63. The quantitative estimate of drug-likeness (QED) is 0.583. The molecule has 0 bridgehead atoms. The molecule has 0 aliphatic heterocycles. The average Bonchev–Trinajstić information content (AvgIpc) is 2.29. The molecule has 88 valence electrons. The van der Waals surface area contributed by atoms with Crippen molar-refractivity contribution in [2.75, 3.05) is 0 Å². The first kappa shape index (κ1) is 14.4. The maximum atomic E-state index is 11.2. The third-order valence-corrected chi connectivity index (χ3v) is 1.83. The van der Waals surface area contributed by atoms with E-state index in [0.717, 1.165) is 5.56 Å². The van der Waals surface area contributed by atoms with Gasteiger partial charge in [-0.2, -0.15) is 0 Å². The van der Waals surface area contributed by atoms with Crippen molar-refractivity contribution in [2.45, 2.75) is 34.3 Å². The van der Waals surface area contributed by atoms with Gasteiger partial charge in [0, 0.05) is 18.1 Å². The summed E-state index contributed by atoms with van der Waals surface area (Å²) in [6.07, 6.45) is 0. The van der Waals surface area contributed by atoms with Gasteiger partial charge in [-0.05, 0) is 6.92 Å². The summed E-state index contributed by atoms with van der Waals surface area (Å²) in [4.78, 5) is 21.8. The van der Waals surface area contributed by atoms with Gasteiger partial charge in [0.1, 0.15) is 6.61 Å². The van der Waals surface area contributed by atoms with E-state index in [4.69, 9.17) is 4.74 Å². The van der Waals surface area contributed by atoms with Gasteiger partial charge in [0.2, 0.25) is 0 Å².